The van der Waals surface area contributed by atoms with Crippen LogP contribution in [-0.4, -0.2) is 23.9 Å². The van der Waals surface area contributed by atoms with Crippen LogP contribution >= 0.6 is 7.92 Å². The van der Waals surface area contributed by atoms with Crippen molar-refractivity contribution in [1.29, 1.82) is 0 Å². The molecule has 1 aliphatic heterocycles. The van der Waals surface area contributed by atoms with E-state index in [1.54, 1.807) is 6.92 Å². The van der Waals surface area contributed by atoms with Gasteiger partial charge in [-0.15, -0.1) is 10.9 Å². The van der Waals surface area contributed by atoms with Crippen LogP contribution in [0.15, 0.2) is 109 Å². The molecular weight excluding hydrogens is 455 g/mol. The number of hydrogen-bond donors (Lipinski definition) is 1. The summed E-state index contributed by atoms with van der Waals surface area (Å²) in [5, 5.41) is 7.48. The van der Waals surface area contributed by atoms with Gasteiger partial charge in [0.25, 0.3) is 0 Å². The molecule has 4 aromatic rings. The number of nitrogens with one attached hydrogen (secondary N) is 1. The van der Waals surface area contributed by atoms with Gasteiger partial charge in [0, 0.05) is 37.1 Å². The summed E-state index contributed by atoms with van der Waals surface area (Å²) in [4.78, 5) is 14.0. The van der Waals surface area contributed by atoms with E-state index in [0.717, 1.165) is 13.1 Å². The Morgan fingerprint density at radius 3 is 1.94 bits per heavy atom. The maximum atomic E-state index is 12.1. The minimum atomic E-state index is -0.662. The van der Waals surface area contributed by atoms with Crippen molar-refractivity contribution in [1.82, 2.24) is 10.2 Å². The van der Waals surface area contributed by atoms with E-state index in [4.69, 9.17) is 0 Å². The molecule has 0 aliphatic carbocycles. The predicted octanol–water partition coefficient (Wildman–Crippen LogP) is 4.02. The fourth-order valence-corrected chi connectivity index (χ4v) is 6.42. The van der Waals surface area contributed by atoms with Crippen molar-refractivity contribution < 1.29 is 21.9 Å². The number of nitrogens with zero attached hydrogens (tertiary/aromatic N) is 1. The summed E-state index contributed by atoms with van der Waals surface area (Å²) in [5.74, 6) is 0.121. The molecule has 5 heteroatoms. The van der Waals surface area contributed by atoms with Gasteiger partial charge in [-0.05, 0) is 18.5 Å². The summed E-state index contributed by atoms with van der Waals surface area (Å²) >= 11 is 0. The smallest absolute Gasteiger partial charge is 0.220 e. The first-order chi connectivity index (χ1) is 15.3. The van der Waals surface area contributed by atoms with Gasteiger partial charge in [0.2, 0.25) is 5.91 Å². The third-order valence-corrected chi connectivity index (χ3v) is 7.87. The van der Waals surface area contributed by atoms with E-state index in [1.807, 2.05) is 35.2 Å². The summed E-state index contributed by atoms with van der Waals surface area (Å²) in [6, 6.07) is 37.9. The van der Waals surface area contributed by atoms with Crippen LogP contribution in [-0.2, 0) is 21.9 Å². The molecular formula is C27H27FeN2OP-6. The van der Waals surface area contributed by atoms with Crippen LogP contribution in [0.2, 0.25) is 0 Å². The van der Waals surface area contributed by atoms with Crippen LogP contribution in [0, 0.1) is 0 Å². The van der Waals surface area contributed by atoms with Gasteiger partial charge in [0.15, 0.2) is 0 Å². The molecule has 4 aromatic carbocycles. The molecule has 0 aromatic heterocycles. The Kier molecular flexibility index (Phi) is 9.02. The van der Waals surface area contributed by atoms with E-state index in [-0.39, 0.29) is 29.1 Å². The first kappa shape index (κ1) is 24.2. The minimum absolute atomic E-state index is 0. The third-order valence-electron chi connectivity index (χ3n) is 5.35. The molecule has 1 amide bonds. The van der Waals surface area contributed by atoms with Gasteiger partial charge in [0.05, 0.1) is 6.17 Å². The fourth-order valence-electron chi connectivity index (χ4n) is 3.94. The van der Waals surface area contributed by atoms with Gasteiger partial charge in [0.1, 0.15) is 0 Å². The monoisotopic (exact) mass is 482 g/mol. The Balaban J connectivity index is 0.000000427. The molecule has 1 N–H and O–H groups in total. The Labute approximate surface area is 202 Å². The van der Waals surface area contributed by atoms with Gasteiger partial charge in [-0.3, -0.25) is 4.79 Å². The van der Waals surface area contributed by atoms with Crippen molar-refractivity contribution >= 4 is 29.7 Å². The van der Waals surface area contributed by atoms with Crippen LogP contribution in [0.1, 0.15) is 18.7 Å². The largest absolute Gasteiger partial charge is 0.748 e. The summed E-state index contributed by atoms with van der Waals surface area (Å²) in [6.07, 6.45) is -0.0325. The quantitative estimate of drug-likeness (QED) is 0.271. The molecule has 5 rings (SSSR count). The van der Waals surface area contributed by atoms with Gasteiger partial charge >= 0.3 is 0 Å². The van der Waals surface area contributed by atoms with E-state index in [2.05, 4.69) is 84.2 Å². The molecule has 0 radical (unpaired) electrons. The Morgan fingerprint density at radius 2 is 1.44 bits per heavy atom. The Morgan fingerprint density at radius 1 is 0.906 bits per heavy atom. The van der Waals surface area contributed by atoms with Crippen molar-refractivity contribution in [2.75, 3.05) is 13.1 Å². The van der Waals surface area contributed by atoms with E-state index in [1.165, 1.54) is 21.5 Å². The summed E-state index contributed by atoms with van der Waals surface area (Å²) in [5.41, 5.74) is 1.22. The Hall–Kier alpha value is -2.48. The van der Waals surface area contributed by atoms with Crippen molar-refractivity contribution in [2.45, 2.75) is 13.1 Å². The number of amides is 1. The first-order valence-corrected chi connectivity index (χ1v) is 11.9. The summed E-state index contributed by atoms with van der Waals surface area (Å²) in [6.45, 7) is 3.25. The zero-order valence-corrected chi connectivity index (χ0v) is 20.0. The standard InChI is InChI=1S/C22H22N2OP.C5H5.Fe/c1-17(25)24-16-15-23-22(24)20-13-8-14-21(20)26(18-9-4-2-5-10-18)19-11-6-3-7-12-19;1-2-4-5-3-1;/h2-14,22-23H,15-16H2,1H3;1-5H;/q-1;-5;. The first-order valence-electron chi connectivity index (χ1n) is 10.6. The summed E-state index contributed by atoms with van der Waals surface area (Å²) < 4.78 is 0. The van der Waals surface area contributed by atoms with Gasteiger partial charge in [-0.2, -0.15) is 6.07 Å². The van der Waals surface area contributed by atoms with Gasteiger partial charge in [-0.1, -0.05) is 60.7 Å². The number of benzene rings is 2. The normalized spacial score (nSPS) is 15.1. The van der Waals surface area contributed by atoms with E-state index in [0.29, 0.717) is 0 Å². The molecule has 1 saturated heterocycles. The number of rotatable bonds is 4. The van der Waals surface area contributed by atoms with Crippen molar-refractivity contribution in [2.24, 2.45) is 0 Å². The molecule has 1 aliphatic rings. The van der Waals surface area contributed by atoms with Crippen LogP contribution in [0.3, 0.4) is 0 Å². The maximum Gasteiger partial charge on any atom is 0.220 e. The fraction of sp³-hybridized carbons (Fsp3) is 0.148. The molecule has 0 spiro atoms. The van der Waals surface area contributed by atoms with Crippen LogP contribution in [0.4, 0.5) is 0 Å². The molecule has 3 nitrogen and oxygen atoms in total. The minimum Gasteiger partial charge on any atom is -0.748 e. The summed E-state index contributed by atoms with van der Waals surface area (Å²) in [7, 11) is -0.662. The van der Waals surface area contributed by atoms with Crippen LogP contribution in [0.5, 0.6) is 0 Å². The average molecular weight is 482 g/mol. The average Bonchev–Trinajstić information content (AvgIpc) is 3.58. The molecule has 170 valence electrons. The number of carbonyl (C=O) groups excluding carboxylic acids is 1. The number of carbonyl (C=O) groups is 1. The van der Waals surface area contributed by atoms with Crippen molar-refractivity contribution in [3.05, 3.63) is 115 Å². The van der Waals surface area contributed by atoms with E-state index in [9.17, 15) is 4.79 Å². The second-order valence-corrected chi connectivity index (χ2v) is 9.59. The molecule has 0 bridgehead atoms. The van der Waals surface area contributed by atoms with Crippen LogP contribution < -0.4 is 21.2 Å². The number of hydrogen-bond acceptors (Lipinski definition) is 2. The molecule has 1 atom stereocenters. The van der Waals surface area contributed by atoms with Crippen LogP contribution in [0.25, 0.3) is 0 Å². The van der Waals surface area contributed by atoms with E-state index < -0.39 is 7.92 Å². The molecule has 1 unspecified atom stereocenters. The zero-order chi connectivity index (χ0) is 21.5. The molecule has 32 heavy (non-hydrogen) atoms. The second-order valence-electron chi connectivity index (χ2n) is 7.40. The predicted molar refractivity (Wildman–Crippen MR) is 131 cm³/mol. The van der Waals surface area contributed by atoms with Gasteiger partial charge < -0.3 is 40.5 Å². The maximum absolute atomic E-state index is 12.1. The second kappa shape index (κ2) is 11.9. The van der Waals surface area contributed by atoms with Crippen molar-refractivity contribution in [3.8, 4) is 0 Å². The topological polar surface area (TPSA) is 32.3 Å². The van der Waals surface area contributed by atoms with Gasteiger partial charge in [-0.25, -0.2) is 12.1 Å². The zero-order valence-electron chi connectivity index (χ0n) is 18.0. The molecule has 1 fully saturated rings. The SMILES string of the molecule is CC(=O)N1CCNC1[c-]1cccc1P(c1ccccc1)c1ccccc1.[Fe].[cH-]1[cH-][cH-][cH-][cH-]1. The van der Waals surface area contributed by atoms with E-state index >= 15 is 0 Å². The molecule has 1 heterocycles. The van der Waals surface area contributed by atoms with Crippen molar-refractivity contribution in [3.63, 3.8) is 0 Å². The third kappa shape index (κ3) is 5.65. The molecule has 0 saturated carbocycles. The Bertz CT molecular complexity index is 1010.